The molecule has 1 amide bonds. The lowest BCUT2D eigenvalue weighted by molar-refractivity contribution is 0.187. The molecule has 0 aliphatic carbocycles. The molecule has 14 heteroatoms. The molecule has 1 unspecified atom stereocenters. The molecule has 216 valence electrons. The molecule has 4 heterocycles. The highest BCUT2D eigenvalue weighted by atomic mass is 35.5. The van der Waals surface area contributed by atoms with Gasteiger partial charge in [0.1, 0.15) is 6.33 Å². The second-order valence-corrected chi connectivity index (χ2v) is 9.99. The Morgan fingerprint density at radius 3 is 2.53 bits per heavy atom. The molecule has 6 aromatic rings. The first-order valence-electron chi connectivity index (χ1n) is 13.1. The molecule has 0 saturated carbocycles. The second kappa shape index (κ2) is 11.8. The van der Waals surface area contributed by atoms with Crippen molar-refractivity contribution in [3.8, 4) is 27.9 Å². The van der Waals surface area contributed by atoms with E-state index in [0.717, 1.165) is 16.8 Å². The average Bonchev–Trinajstić information content (AvgIpc) is 3.81. The first-order chi connectivity index (χ1) is 20.9. The Balaban J connectivity index is 1.34. The van der Waals surface area contributed by atoms with Crippen molar-refractivity contribution in [1.29, 1.82) is 0 Å². The van der Waals surface area contributed by atoms with Crippen molar-refractivity contribution in [3.63, 3.8) is 0 Å². The van der Waals surface area contributed by atoms with E-state index in [0.29, 0.717) is 29.1 Å². The first-order valence-corrected chi connectivity index (χ1v) is 13.4. The number of nitrogens with one attached hydrogen (secondary N) is 1. The van der Waals surface area contributed by atoms with Crippen LogP contribution in [0.25, 0.3) is 27.9 Å². The van der Waals surface area contributed by atoms with E-state index in [2.05, 4.69) is 35.8 Å². The van der Waals surface area contributed by atoms with Gasteiger partial charge in [0, 0.05) is 54.4 Å². The van der Waals surface area contributed by atoms with Gasteiger partial charge in [-0.1, -0.05) is 29.8 Å². The highest BCUT2D eigenvalue weighted by Crippen LogP contribution is 2.34. The quantitative estimate of drug-likeness (QED) is 0.255. The number of nitrogens with zero attached hydrogens (tertiary/aromatic N) is 9. The minimum Gasteiger partial charge on any atom is -0.453 e. The van der Waals surface area contributed by atoms with E-state index in [1.165, 1.54) is 24.2 Å². The van der Waals surface area contributed by atoms with Crippen LogP contribution in [0.2, 0.25) is 5.02 Å². The van der Waals surface area contributed by atoms with E-state index >= 15 is 4.39 Å². The minimum atomic E-state index is -0.598. The van der Waals surface area contributed by atoms with Crippen molar-refractivity contribution < 1.29 is 13.9 Å². The molecule has 1 atom stereocenters. The summed E-state index contributed by atoms with van der Waals surface area (Å²) in [5.74, 6) is -0.598. The summed E-state index contributed by atoms with van der Waals surface area (Å²) < 4.78 is 24.9. The van der Waals surface area contributed by atoms with Gasteiger partial charge >= 0.3 is 6.09 Å². The topological polar surface area (TPSA) is 130 Å². The maximum absolute atomic E-state index is 15.3. The van der Waals surface area contributed by atoms with E-state index in [4.69, 9.17) is 16.6 Å². The van der Waals surface area contributed by atoms with Gasteiger partial charge in [0.25, 0.3) is 0 Å². The molecule has 6 rings (SSSR count). The van der Waals surface area contributed by atoms with Gasteiger partial charge in [-0.15, -0.1) is 5.10 Å². The van der Waals surface area contributed by atoms with Gasteiger partial charge in [-0.2, -0.15) is 14.9 Å². The van der Waals surface area contributed by atoms with Gasteiger partial charge in [0.05, 0.1) is 41.4 Å². The van der Waals surface area contributed by atoms with Gasteiger partial charge in [0.2, 0.25) is 0 Å². The molecule has 0 bridgehead atoms. The van der Waals surface area contributed by atoms with Crippen LogP contribution in [-0.4, -0.2) is 58.0 Å². The van der Waals surface area contributed by atoms with Crippen molar-refractivity contribution >= 4 is 23.4 Å². The van der Waals surface area contributed by atoms with E-state index in [1.807, 2.05) is 48.4 Å². The third-order valence-corrected chi connectivity index (χ3v) is 7.12. The molecule has 43 heavy (non-hydrogen) atoms. The number of carbonyl (C=O) groups excluding carboxylic acids is 1. The standard InChI is InChI=1S/C29H24ClFN10O2/c1-39-12-11-22(36-39)13-26(40-16-20(15-34-40)18-3-6-21(7-4-18)35-29(42)43-2)24-9-5-19(14-32-24)27-25(41-17-33-37-38-41)10-8-23(30)28(27)31/h3-12,14-17,26H,13H2,1-2H3,(H,35,42). The molecule has 2 aromatic carbocycles. The smallest absolute Gasteiger partial charge is 0.411 e. The number of halogens is 2. The van der Waals surface area contributed by atoms with Gasteiger partial charge in [-0.25, -0.2) is 9.18 Å². The number of aromatic nitrogens is 9. The molecule has 12 nitrogen and oxygen atoms in total. The fourth-order valence-corrected chi connectivity index (χ4v) is 4.86. The number of aryl methyl sites for hydroxylation is 1. The Bertz CT molecular complexity index is 1870. The van der Waals surface area contributed by atoms with Crippen LogP contribution >= 0.6 is 11.6 Å². The van der Waals surface area contributed by atoms with Crippen LogP contribution in [0.4, 0.5) is 14.9 Å². The number of ether oxygens (including phenoxy) is 1. The SMILES string of the molecule is COC(=O)Nc1ccc(-c2cnn(C(Cc3ccn(C)n3)c3ccc(-c4c(-n5cnnn5)ccc(Cl)c4F)cn3)c2)cc1. The maximum atomic E-state index is 15.3. The van der Waals surface area contributed by atoms with Crippen LogP contribution in [0.15, 0.2) is 85.7 Å². The summed E-state index contributed by atoms with van der Waals surface area (Å²) in [6, 6.07) is 15.7. The fraction of sp³-hybridized carbons (Fsp3) is 0.138. The number of amides is 1. The van der Waals surface area contributed by atoms with Gasteiger partial charge < -0.3 is 4.74 Å². The normalized spacial score (nSPS) is 11.8. The van der Waals surface area contributed by atoms with Crippen LogP contribution in [0, 0.1) is 5.82 Å². The largest absolute Gasteiger partial charge is 0.453 e. The molecule has 0 fully saturated rings. The zero-order chi connectivity index (χ0) is 29.9. The van der Waals surface area contributed by atoms with E-state index in [9.17, 15) is 4.79 Å². The fourth-order valence-electron chi connectivity index (χ4n) is 4.70. The average molecular weight is 599 g/mol. The van der Waals surface area contributed by atoms with Gasteiger partial charge in [0.15, 0.2) is 5.82 Å². The number of methoxy groups -OCH3 is 1. The summed E-state index contributed by atoms with van der Waals surface area (Å²) in [6.45, 7) is 0. The van der Waals surface area contributed by atoms with E-state index in [1.54, 1.807) is 41.3 Å². The number of hydrogen-bond acceptors (Lipinski definition) is 8. The lowest BCUT2D eigenvalue weighted by atomic mass is 10.0. The molecule has 1 N–H and O–H groups in total. The molecular formula is C29H24ClFN10O2. The van der Waals surface area contributed by atoms with Crippen LogP contribution in [-0.2, 0) is 18.2 Å². The van der Waals surface area contributed by atoms with Crippen LogP contribution in [0.5, 0.6) is 0 Å². The molecule has 0 aliphatic heterocycles. The third-order valence-electron chi connectivity index (χ3n) is 6.83. The van der Waals surface area contributed by atoms with E-state index < -0.39 is 11.9 Å². The third kappa shape index (κ3) is 5.83. The number of anilines is 1. The highest BCUT2D eigenvalue weighted by Gasteiger charge is 2.22. The summed E-state index contributed by atoms with van der Waals surface area (Å²) >= 11 is 6.14. The molecule has 0 radical (unpaired) electrons. The molecule has 0 spiro atoms. The summed E-state index contributed by atoms with van der Waals surface area (Å²) in [5.41, 5.74) is 5.12. The summed E-state index contributed by atoms with van der Waals surface area (Å²) in [4.78, 5) is 16.3. The lowest BCUT2D eigenvalue weighted by Gasteiger charge is -2.17. The molecule has 0 saturated heterocycles. The van der Waals surface area contributed by atoms with Crippen molar-refractivity contribution in [2.75, 3.05) is 12.4 Å². The number of tetrazole rings is 1. The van der Waals surface area contributed by atoms with E-state index in [-0.39, 0.29) is 16.6 Å². The number of rotatable bonds is 8. The minimum absolute atomic E-state index is 0.0258. The Morgan fingerprint density at radius 2 is 1.86 bits per heavy atom. The van der Waals surface area contributed by atoms with Crippen molar-refractivity contribution in [2.45, 2.75) is 12.5 Å². The summed E-state index contributed by atoms with van der Waals surface area (Å²) in [6.07, 6.45) is 8.53. The van der Waals surface area contributed by atoms with Gasteiger partial charge in [-0.3, -0.25) is 19.7 Å². The summed E-state index contributed by atoms with van der Waals surface area (Å²) in [7, 11) is 3.17. The Labute approximate surface area is 249 Å². The number of carbonyl (C=O) groups is 1. The Hall–Kier alpha value is -5.43. The van der Waals surface area contributed by atoms with Crippen molar-refractivity contribution in [2.24, 2.45) is 7.05 Å². The second-order valence-electron chi connectivity index (χ2n) is 9.59. The monoisotopic (exact) mass is 598 g/mol. The highest BCUT2D eigenvalue weighted by molar-refractivity contribution is 6.31. The van der Waals surface area contributed by atoms with Crippen LogP contribution < -0.4 is 5.32 Å². The van der Waals surface area contributed by atoms with Gasteiger partial charge in [-0.05, 0) is 52.4 Å². The van der Waals surface area contributed by atoms with Crippen molar-refractivity contribution in [3.05, 3.63) is 108 Å². The maximum Gasteiger partial charge on any atom is 0.411 e. The molecule has 0 aliphatic rings. The van der Waals surface area contributed by atoms with Crippen LogP contribution in [0.3, 0.4) is 0 Å². The van der Waals surface area contributed by atoms with Crippen LogP contribution in [0.1, 0.15) is 17.4 Å². The molecule has 4 aromatic heterocycles. The first kappa shape index (κ1) is 27.7. The Morgan fingerprint density at radius 1 is 1.05 bits per heavy atom. The Kier molecular flexibility index (Phi) is 7.62. The zero-order valence-electron chi connectivity index (χ0n) is 23.0. The molecular weight excluding hydrogens is 575 g/mol. The van der Waals surface area contributed by atoms with Crippen molar-refractivity contribution in [1.82, 2.24) is 44.8 Å². The number of hydrogen-bond donors (Lipinski definition) is 1. The predicted octanol–water partition coefficient (Wildman–Crippen LogP) is 5.12. The number of pyridine rings is 1. The summed E-state index contributed by atoms with van der Waals surface area (Å²) in [5, 5.41) is 23.1. The predicted molar refractivity (Wildman–Crippen MR) is 156 cm³/mol. The lowest BCUT2D eigenvalue weighted by Crippen LogP contribution is -2.16. The zero-order valence-corrected chi connectivity index (χ0v) is 23.7. The number of benzene rings is 2.